The van der Waals surface area contributed by atoms with Crippen LogP contribution in [0.15, 0.2) is 35.7 Å². The molecule has 2 aromatic heterocycles. The SMILES string of the molecule is O=C(O)c1ccc(S(=O)(=O)Nc2ncc[nH]2)nc1. The second kappa shape index (κ2) is 4.45. The summed E-state index contributed by atoms with van der Waals surface area (Å²) in [6.45, 7) is 0. The molecule has 8 nitrogen and oxygen atoms in total. The Bertz CT molecular complexity index is 648. The molecule has 0 unspecified atom stereocenters. The molecule has 3 N–H and O–H groups in total. The van der Waals surface area contributed by atoms with Gasteiger partial charge in [-0.25, -0.2) is 19.5 Å². The number of carboxylic acid groups (broad SMARTS) is 1. The molecule has 2 aromatic rings. The van der Waals surface area contributed by atoms with E-state index in [4.69, 9.17) is 5.11 Å². The summed E-state index contributed by atoms with van der Waals surface area (Å²) >= 11 is 0. The second-order valence-corrected chi connectivity index (χ2v) is 4.86. The zero-order valence-corrected chi connectivity index (χ0v) is 9.68. The van der Waals surface area contributed by atoms with E-state index < -0.39 is 16.0 Å². The van der Waals surface area contributed by atoms with Crippen molar-refractivity contribution in [3.05, 3.63) is 36.3 Å². The summed E-state index contributed by atoms with van der Waals surface area (Å²) in [6.07, 6.45) is 3.82. The van der Waals surface area contributed by atoms with Gasteiger partial charge in [0.2, 0.25) is 5.95 Å². The minimum atomic E-state index is -3.87. The number of anilines is 1. The van der Waals surface area contributed by atoms with E-state index in [1.54, 1.807) is 0 Å². The zero-order valence-electron chi connectivity index (χ0n) is 8.86. The predicted molar refractivity (Wildman–Crippen MR) is 60.6 cm³/mol. The van der Waals surface area contributed by atoms with Gasteiger partial charge in [-0.3, -0.25) is 0 Å². The predicted octanol–water partition coefficient (Wildman–Crippen LogP) is 0.304. The lowest BCUT2D eigenvalue weighted by molar-refractivity contribution is 0.0696. The molecule has 0 aliphatic carbocycles. The number of hydrogen-bond donors (Lipinski definition) is 3. The van der Waals surface area contributed by atoms with Gasteiger partial charge in [0.15, 0.2) is 5.03 Å². The number of H-pyrrole nitrogens is 1. The van der Waals surface area contributed by atoms with E-state index >= 15 is 0 Å². The summed E-state index contributed by atoms with van der Waals surface area (Å²) < 4.78 is 25.8. The molecule has 0 aliphatic rings. The molecule has 0 radical (unpaired) electrons. The largest absolute Gasteiger partial charge is 0.478 e. The van der Waals surface area contributed by atoms with Crippen molar-refractivity contribution < 1.29 is 18.3 Å². The first kappa shape index (κ1) is 12.0. The fourth-order valence-corrected chi connectivity index (χ4v) is 2.08. The number of pyridine rings is 1. The lowest BCUT2D eigenvalue weighted by atomic mass is 10.3. The highest BCUT2D eigenvalue weighted by Gasteiger charge is 2.17. The highest BCUT2D eigenvalue weighted by molar-refractivity contribution is 7.92. The number of rotatable bonds is 4. The van der Waals surface area contributed by atoms with Gasteiger partial charge in [-0.05, 0) is 12.1 Å². The minimum absolute atomic E-state index is 0.0547. The third-order valence-corrected chi connectivity index (χ3v) is 3.24. The van der Waals surface area contributed by atoms with Crippen molar-refractivity contribution >= 4 is 21.9 Å². The number of aromatic carboxylic acids is 1. The molecule has 0 spiro atoms. The number of sulfonamides is 1. The zero-order chi connectivity index (χ0) is 13.2. The van der Waals surface area contributed by atoms with E-state index in [0.717, 1.165) is 18.3 Å². The molecule has 0 bridgehead atoms. The van der Waals surface area contributed by atoms with Crippen LogP contribution in [0.4, 0.5) is 5.95 Å². The van der Waals surface area contributed by atoms with Crippen LogP contribution < -0.4 is 4.72 Å². The summed E-state index contributed by atoms with van der Waals surface area (Å²) in [4.78, 5) is 20.5. The number of aromatic nitrogens is 3. The van der Waals surface area contributed by atoms with Crippen LogP contribution in [-0.2, 0) is 10.0 Å². The van der Waals surface area contributed by atoms with Gasteiger partial charge in [0.05, 0.1) is 5.56 Å². The molecular formula is C9H8N4O4S. The number of imidazole rings is 1. The molecule has 0 aromatic carbocycles. The fourth-order valence-electron chi connectivity index (χ4n) is 1.17. The van der Waals surface area contributed by atoms with Gasteiger partial charge in [-0.2, -0.15) is 8.42 Å². The number of nitrogens with one attached hydrogen (secondary N) is 2. The Balaban J connectivity index is 2.27. The van der Waals surface area contributed by atoms with Gasteiger partial charge in [0.25, 0.3) is 10.0 Å². The van der Waals surface area contributed by atoms with Crippen LogP contribution in [-0.4, -0.2) is 34.4 Å². The maximum absolute atomic E-state index is 11.8. The van der Waals surface area contributed by atoms with Crippen molar-refractivity contribution in [1.82, 2.24) is 15.0 Å². The maximum Gasteiger partial charge on any atom is 0.337 e. The van der Waals surface area contributed by atoms with E-state index in [0.29, 0.717) is 0 Å². The number of nitrogens with zero attached hydrogens (tertiary/aromatic N) is 2. The van der Waals surface area contributed by atoms with E-state index in [2.05, 4.69) is 19.7 Å². The molecule has 0 saturated carbocycles. The second-order valence-electron chi connectivity index (χ2n) is 3.23. The molecule has 0 fully saturated rings. The third kappa shape index (κ3) is 2.46. The van der Waals surface area contributed by atoms with Crippen LogP contribution in [0.5, 0.6) is 0 Å². The normalized spacial score (nSPS) is 11.1. The molecule has 0 amide bonds. The molecule has 0 aliphatic heterocycles. The van der Waals surface area contributed by atoms with Gasteiger partial charge in [-0.1, -0.05) is 0 Å². The van der Waals surface area contributed by atoms with Gasteiger partial charge in [0.1, 0.15) is 0 Å². The molecule has 0 saturated heterocycles. The smallest absolute Gasteiger partial charge is 0.337 e. The lowest BCUT2D eigenvalue weighted by Gasteiger charge is -2.04. The van der Waals surface area contributed by atoms with Crippen LogP contribution in [0.3, 0.4) is 0 Å². The number of carbonyl (C=O) groups is 1. The summed E-state index contributed by atoms with van der Waals surface area (Å²) in [5.41, 5.74) is -0.0908. The summed E-state index contributed by atoms with van der Waals surface area (Å²) in [6, 6.07) is 2.26. The van der Waals surface area contributed by atoms with Crippen molar-refractivity contribution in [3.63, 3.8) is 0 Å². The van der Waals surface area contributed by atoms with Crippen LogP contribution in [0, 0.1) is 0 Å². The molecule has 0 atom stereocenters. The average Bonchev–Trinajstić information content (AvgIpc) is 2.81. The Kier molecular flexibility index (Phi) is 2.98. The Labute approximate surface area is 102 Å². The van der Waals surface area contributed by atoms with Crippen molar-refractivity contribution in [2.24, 2.45) is 0 Å². The number of hydrogen-bond acceptors (Lipinski definition) is 5. The van der Waals surface area contributed by atoms with Crippen LogP contribution in [0.25, 0.3) is 0 Å². The summed E-state index contributed by atoms with van der Waals surface area (Å²) in [7, 11) is -3.87. The summed E-state index contributed by atoms with van der Waals surface area (Å²) in [5.74, 6) is -1.12. The lowest BCUT2D eigenvalue weighted by Crippen LogP contribution is -2.15. The van der Waals surface area contributed by atoms with Gasteiger partial charge >= 0.3 is 5.97 Å². The fraction of sp³-hybridized carbons (Fsp3) is 0. The Hall–Kier alpha value is -2.42. The highest BCUT2D eigenvalue weighted by Crippen LogP contribution is 2.10. The van der Waals surface area contributed by atoms with Crippen LogP contribution in [0.2, 0.25) is 0 Å². The molecule has 2 heterocycles. The van der Waals surface area contributed by atoms with Crippen molar-refractivity contribution in [3.8, 4) is 0 Å². The Morgan fingerprint density at radius 3 is 2.61 bits per heavy atom. The third-order valence-electron chi connectivity index (χ3n) is 1.99. The molecule has 18 heavy (non-hydrogen) atoms. The van der Waals surface area contributed by atoms with E-state index in [1.807, 2.05) is 0 Å². The van der Waals surface area contributed by atoms with Crippen LogP contribution >= 0.6 is 0 Å². The average molecular weight is 268 g/mol. The Morgan fingerprint density at radius 2 is 2.11 bits per heavy atom. The van der Waals surface area contributed by atoms with Crippen LogP contribution in [0.1, 0.15) is 10.4 Å². The number of aromatic amines is 1. The van der Waals surface area contributed by atoms with E-state index in [-0.39, 0.29) is 16.5 Å². The quantitative estimate of drug-likeness (QED) is 0.732. The van der Waals surface area contributed by atoms with Gasteiger partial charge in [-0.15, -0.1) is 0 Å². The van der Waals surface area contributed by atoms with Crippen molar-refractivity contribution in [2.75, 3.05) is 4.72 Å². The monoisotopic (exact) mass is 268 g/mol. The molecule has 9 heteroatoms. The first-order valence-electron chi connectivity index (χ1n) is 4.70. The van der Waals surface area contributed by atoms with Gasteiger partial charge < -0.3 is 10.1 Å². The first-order valence-corrected chi connectivity index (χ1v) is 6.19. The summed E-state index contributed by atoms with van der Waals surface area (Å²) in [5, 5.41) is 8.38. The van der Waals surface area contributed by atoms with Crippen molar-refractivity contribution in [1.29, 1.82) is 0 Å². The molecular weight excluding hydrogens is 260 g/mol. The highest BCUT2D eigenvalue weighted by atomic mass is 32.2. The molecule has 94 valence electrons. The van der Waals surface area contributed by atoms with E-state index in [9.17, 15) is 13.2 Å². The number of carboxylic acids is 1. The maximum atomic E-state index is 11.8. The van der Waals surface area contributed by atoms with E-state index in [1.165, 1.54) is 12.4 Å². The Morgan fingerprint density at radius 1 is 1.33 bits per heavy atom. The minimum Gasteiger partial charge on any atom is -0.478 e. The van der Waals surface area contributed by atoms with Crippen molar-refractivity contribution in [2.45, 2.75) is 5.03 Å². The topological polar surface area (TPSA) is 125 Å². The molecule has 2 rings (SSSR count). The first-order chi connectivity index (χ1) is 8.49. The standard InChI is InChI=1S/C9H8N4O4S/c14-8(15)6-1-2-7(12-5-6)18(16,17)13-9-10-3-4-11-9/h1-5H,(H,14,15)(H2,10,11,13). The van der Waals surface area contributed by atoms with Gasteiger partial charge in [0, 0.05) is 18.6 Å².